The van der Waals surface area contributed by atoms with Crippen molar-refractivity contribution < 1.29 is 0 Å². The van der Waals surface area contributed by atoms with Crippen molar-refractivity contribution in [1.29, 1.82) is 0 Å². The van der Waals surface area contributed by atoms with Gasteiger partial charge >= 0.3 is 0 Å². The van der Waals surface area contributed by atoms with Crippen molar-refractivity contribution in [1.82, 2.24) is 4.90 Å². The first-order valence-corrected chi connectivity index (χ1v) is 3.26. The Labute approximate surface area is 55.9 Å². The Hall–Kier alpha value is -0.790. The minimum absolute atomic E-state index is 0.509. The van der Waals surface area contributed by atoms with Gasteiger partial charge in [-0.15, -0.1) is 0 Å². The van der Waals surface area contributed by atoms with Crippen LogP contribution in [0.1, 0.15) is 13.3 Å². The molecule has 0 unspecified atom stereocenters. The van der Waals surface area contributed by atoms with Crippen LogP contribution in [0, 0.1) is 0 Å². The average Bonchev–Trinajstić information content (AvgIpc) is 1.89. The maximum Gasteiger partial charge on any atom is 0.0633 e. The molecular weight excluding hydrogens is 112 g/mol. The molecule has 0 aliphatic carbocycles. The van der Waals surface area contributed by atoms with Crippen LogP contribution in [0.5, 0.6) is 0 Å². The highest BCUT2D eigenvalue weighted by atomic mass is 15.1. The first-order chi connectivity index (χ1) is 4.34. The van der Waals surface area contributed by atoms with Crippen molar-refractivity contribution >= 4 is 6.21 Å². The molecule has 0 aromatic carbocycles. The molecule has 0 bridgehead atoms. The smallest absolute Gasteiger partial charge is 0.0633 e. The lowest BCUT2D eigenvalue weighted by Gasteiger charge is -2.23. The number of hydrogen-bond acceptors (Lipinski definition) is 2. The van der Waals surface area contributed by atoms with Gasteiger partial charge in [-0.3, -0.25) is 4.99 Å². The van der Waals surface area contributed by atoms with Crippen LogP contribution in [-0.2, 0) is 0 Å². The van der Waals surface area contributed by atoms with E-state index in [1.54, 1.807) is 0 Å². The number of rotatable bonds is 1. The van der Waals surface area contributed by atoms with Gasteiger partial charge in [-0.25, -0.2) is 0 Å². The maximum atomic E-state index is 4.03. The minimum atomic E-state index is 0.509. The first-order valence-electron chi connectivity index (χ1n) is 3.26. The zero-order valence-corrected chi connectivity index (χ0v) is 5.91. The first kappa shape index (κ1) is 6.33. The lowest BCUT2D eigenvalue weighted by Crippen LogP contribution is -2.29. The molecule has 2 heteroatoms. The van der Waals surface area contributed by atoms with E-state index < -0.39 is 0 Å². The lowest BCUT2D eigenvalue weighted by molar-refractivity contribution is 0.395. The molecule has 0 spiro atoms. The van der Waals surface area contributed by atoms with Gasteiger partial charge in [0.15, 0.2) is 0 Å². The third-order valence-electron chi connectivity index (χ3n) is 1.59. The van der Waals surface area contributed by atoms with E-state index in [0.29, 0.717) is 6.04 Å². The number of aliphatic imine (C=N–C) groups is 1. The molecular formula is C7H12N2. The molecule has 0 N–H and O–H groups in total. The molecule has 9 heavy (non-hydrogen) atoms. The fourth-order valence-corrected chi connectivity index (χ4v) is 0.902. The molecule has 1 rings (SSSR count). The highest BCUT2D eigenvalue weighted by molar-refractivity contribution is 5.66. The van der Waals surface area contributed by atoms with Crippen molar-refractivity contribution in [2.75, 3.05) is 7.05 Å². The monoisotopic (exact) mass is 124 g/mol. The summed E-state index contributed by atoms with van der Waals surface area (Å²) in [5.74, 6) is 0. The van der Waals surface area contributed by atoms with E-state index in [2.05, 4.69) is 23.9 Å². The molecule has 1 aliphatic heterocycles. The van der Waals surface area contributed by atoms with E-state index in [1.165, 1.54) is 0 Å². The Kier molecular flexibility index (Phi) is 1.88. The van der Waals surface area contributed by atoms with Gasteiger partial charge in [-0.1, -0.05) is 6.92 Å². The third-order valence-corrected chi connectivity index (χ3v) is 1.59. The summed E-state index contributed by atoms with van der Waals surface area (Å²) in [6, 6.07) is 0.509. The van der Waals surface area contributed by atoms with Gasteiger partial charge in [0.1, 0.15) is 0 Å². The summed E-state index contributed by atoms with van der Waals surface area (Å²) in [5, 5.41) is 0. The molecule has 0 amide bonds. The molecule has 2 nitrogen and oxygen atoms in total. The van der Waals surface area contributed by atoms with Gasteiger partial charge in [0.2, 0.25) is 0 Å². The van der Waals surface area contributed by atoms with Gasteiger partial charge in [0.05, 0.1) is 6.04 Å². The normalized spacial score (nSPS) is 25.1. The quantitative estimate of drug-likeness (QED) is 0.513. The highest BCUT2D eigenvalue weighted by Gasteiger charge is 2.06. The fraction of sp³-hybridized carbons (Fsp3) is 0.571. The highest BCUT2D eigenvalue weighted by Crippen LogP contribution is 2.03. The molecule has 0 saturated heterocycles. The van der Waals surface area contributed by atoms with Crippen LogP contribution in [-0.4, -0.2) is 24.2 Å². The molecule has 1 atom stereocenters. The van der Waals surface area contributed by atoms with E-state index in [9.17, 15) is 0 Å². The Morgan fingerprint density at radius 3 is 2.89 bits per heavy atom. The van der Waals surface area contributed by atoms with Gasteiger partial charge in [-0.05, 0) is 6.42 Å². The van der Waals surface area contributed by atoms with Gasteiger partial charge in [0, 0.05) is 25.7 Å². The van der Waals surface area contributed by atoms with Crippen molar-refractivity contribution in [2.24, 2.45) is 4.99 Å². The van der Waals surface area contributed by atoms with Crippen LogP contribution in [0.2, 0.25) is 0 Å². The van der Waals surface area contributed by atoms with Crippen LogP contribution >= 0.6 is 0 Å². The predicted molar refractivity (Wildman–Crippen MR) is 39.5 cm³/mol. The van der Waals surface area contributed by atoms with E-state index in [-0.39, 0.29) is 0 Å². The largest absolute Gasteiger partial charge is 0.371 e. The maximum absolute atomic E-state index is 4.03. The molecule has 1 heterocycles. The van der Waals surface area contributed by atoms with E-state index in [1.807, 2.05) is 18.6 Å². The summed E-state index contributed by atoms with van der Waals surface area (Å²) in [5.41, 5.74) is 0. The molecule has 0 aromatic rings. The van der Waals surface area contributed by atoms with Crippen LogP contribution in [0.4, 0.5) is 0 Å². The topological polar surface area (TPSA) is 15.6 Å². The Bertz CT molecular complexity index is 138. The Morgan fingerprint density at radius 2 is 2.44 bits per heavy atom. The summed E-state index contributed by atoms with van der Waals surface area (Å²) in [6.07, 6.45) is 6.91. The standard InChI is InChI=1S/C7H12N2/c1-3-7-6-8-4-5-9(7)2/h4-7H,3H2,1-2H3/t7-/m0/s1. The van der Waals surface area contributed by atoms with E-state index in [4.69, 9.17) is 0 Å². The van der Waals surface area contributed by atoms with Crippen molar-refractivity contribution in [3.05, 3.63) is 12.4 Å². The van der Waals surface area contributed by atoms with Crippen molar-refractivity contribution in [2.45, 2.75) is 19.4 Å². The Balaban J connectivity index is 2.55. The second-order valence-corrected chi connectivity index (χ2v) is 2.24. The molecule has 50 valence electrons. The summed E-state index contributed by atoms with van der Waals surface area (Å²) in [7, 11) is 2.07. The van der Waals surface area contributed by atoms with Gasteiger partial charge in [0.25, 0.3) is 0 Å². The van der Waals surface area contributed by atoms with E-state index in [0.717, 1.165) is 6.42 Å². The number of hydrogen-bond donors (Lipinski definition) is 0. The summed E-state index contributed by atoms with van der Waals surface area (Å²) >= 11 is 0. The second kappa shape index (κ2) is 2.67. The Morgan fingerprint density at radius 1 is 1.67 bits per heavy atom. The molecule has 0 aromatic heterocycles. The fourth-order valence-electron chi connectivity index (χ4n) is 0.902. The van der Waals surface area contributed by atoms with Crippen LogP contribution in [0.3, 0.4) is 0 Å². The minimum Gasteiger partial charge on any atom is -0.371 e. The van der Waals surface area contributed by atoms with Gasteiger partial charge in [-0.2, -0.15) is 0 Å². The third kappa shape index (κ3) is 1.31. The summed E-state index contributed by atoms with van der Waals surface area (Å²) in [4.78, 5) is 6.19. The van der Waals surface area contributed by atoms with Crippen molar-refractivity contribution in [3.8, 4) is 0 Å². The van der Waals surface area contributed by atoms with Crippen LogP contribution < -0.4 is 0 Å². The van der Waals surface area contributed by atoms with E-state index >= 15 is 0 Å². The zero-order chi connectivity index (χ0) is 6.69. The van der Waals surface area contributed by atoms with Crippen LogP contribution in [0.15, 0.2) is 17.4 Å². The molecule has 1 aliphatic rings. The summed E-state index contributed by atoms with van der Waals surface area (Å²) in [6.45, 7) is 2.16. The molecule has 0 saturated carbocycles. The molecule has 0 radical (unpaired) electrons. The predicted octanol–water partition coefficient (Wildman–Crippen LogP) is 1.25. The second-order valence-electron chi connectivity index (χ2n) is 2.24. The molecule has 0 fully saturated rings. The van der Waals surface area contributed by atoms with Crippen molar-refractivity contribution in [3.63, 3.8) is 0 Å². The average molecular weight is 124 g/mol. The summed E-state index contributed by atoms with van der Waals surface area (Å²) < 4.78 is 0. The zero-order valence-electron chi connectivity index (χ0n) is 5.91. The number of nitrogens with zero attached hydrogens (tertiary/aromatic N) is 2. The lowest BCUT2D eigenvalue weighted by atomic mass is 10.2. The van der Waals surface area contributed by atoms with Gasteiger partial charge < -0.3 is 4.90 Å². The SMILES string of the molecule is CC[C@H]1C=NC=CN1C. The van der Waals surface area contributed by atoms with Crippen LogP contribution in [0.25, 0.3) is 0 Å².